The number of aryl methyl sites for hydroxylation is 1. The van der Waals surface area contributed by atoms with E-state index in [0.29, 0.717) is 6.04 Å². The summed E-state index contributed by atoms with van der Waals surface area (Å²) in [6.07, 6.45) is 7.72. The van der Waals surface area contributed by atoms with E-state index in [1.807, 2.05) is 0 Å². The predicted octanol–water partition coefficient (Wildman–Crippen LogP) is 1.09. The van der Waals surface area contributed by atoms with Crippen LogP contribution < -0.4 is 5.69 Å². The molecule has 1 fully saturated rings. The van der Waals surface area contributed by atoms with E-state index in [9.17, 15) is 4.79 Å². The van der Waals surface area contributed by atoms with Crippen LogP contribution in [0, 0.1) is 0 Å². The van der Waals surface area contributed by atoms with E-state index in [0.717, 1.165) is 12.8 Å². The molecule has 13 heavy (non-hydrogen) atoms. The first-order valence-corrected chi connectivity index (χ1v) is 4.89. The molecule has 0 N–H and O–H groups in total. The molecule has 0 spiro atoms. The average Bonchev–Trinajstić information content (AvgIpc) is 2.49. The summed E-state index contributed by atoms with van der Waals surface area (Å²) in [7, 11) is 1.70. The highest BCUT2D eigenvalue weighted by Gasteiger charge is 2.17. The third kappa shape index (κ3) is 1.53. The van der Waals surface area contributed by atoms with Gasteiger partial charge in [-0.05, 0) is 12.8 Å². The van der Waals surface area contributed by atoms with Gasteiger partial charge in [0.05, 0.1) is 0 Å². The van der Waals surface area contributed by atoms with E-state index < -0.39 is 0 Å². The van der Waals surface area contributed by atoms with Gasteiger partial charge in [0, 0.05) is 13.1 Å². The van der Waals surface area contributed by atoms with E-state index in [4.69, 9.17) is 0 Å². The normalized spacial score (nSPS) is 19.2. The molecular formula is C9H15N3O. The van der Waals surface area contributed by atoms with E-state index in [2.05, 4.69) is 5.10 Å². The summed E-state index contributed by atoms with van der Waals surface area (Å²) >= 11 is 0. The Labute approximate surface area is 77.2 Å². The highest BCUT2D eigenvalue weighted by Crippen LogP contribution is 2.26. The molecule has 2 rings (SSSR count). The fraction of sp³-hybridized carbons (Fsp3) is 0.778. The largest absolute Gasteiger partial charge is 0.345 e. The van der Waals surface area contributed by atoms with Crippen molar-refractivity contribution in [3.8, 4) is 0 Å². The second kappa shape index (κ2) is 3.36. The molecule has 1 aromatic heterocycles. The van der Waals surface area contributed by atoms with Crippen molar-refractivity contribution >= 4 is 0 Å². The van der Waals surface area contributed by atoms with Crippen LogP contribution in [-0.2, 0) is 7.05 Å². The molecule has 0 amide bonds. The fourth-order valence-corrected chi connectivity index (χ4v) is 2.01. The van der Waals surface area contributed by atoms with Crippen molar-refractivity contribution in [2.45, 2.75) is 38.1 Å². The molecule has 0 aromatic carbocycles. The van der Waals surface area contributed by atoms with Gasteiger partial charge in [0.2, 0.25) is 0 Å². The Morgan fingerprint density at radius 3 is 2.62 bits per heavy atom. The lowest BCUT2D eigenvalue weighted by Crippen LogP contribution is -2.27. The third-order valence-corrected chi connectivity index (χ3v) is 2.82. The van der Waals surface area contributed by atoms with Crippen LogP contribution in [0.2, 0.25) is 0 Å². The van der Waals surface area contributed by atoms with Gasteiger partial charge in [0.15, 0.2) is 0 Å². The Morgan fingerprint density at radius 2 is 2.08 bits per heavy atom. The second-order valence-corrected chi connectivity index (χ2v) is 3.74. The minimum Gasteiger partial charge on any atom is -0.278 e. The number of hydrogen-bond acceptors (Lipinski definition) is 2. The van der Waals surface area contributed by atoms with E-state index in [-0.39, 0.29) is 5.69 Å². The van der Waals surface area contributed by atoms with Crippen LogP contribution in [0.25, 0.3) is 0 Å². The number of hydrogen-bond donors (Lipinski definition) is 0. The van der Waals surface area contributed by atoms with Gasteiger partial charge >= 0.3 is 5.69 Å². The van der Waals surface area contributed by atoms with Crippen LogP contribution in [0.3, 0.4) is 0 Å². The topological polar surface area (TPSA) is 39.8 Å². The van der Waals surface area contributed by atoms with Gasteiger partial charge in [-0.15, -0.1) is 0 Å². The molecule has 1 aliphatic carbocycles. The summed E-state index contributed by atoms with van der Waals surface area (Å²) in [4.78, 5) is 11.5. The molecule has 1 saturated carbocycles. The van der Waals surface area contributed by atoms with Crippen molar-refractivity contribution in [1.82, 2.24) is 14.3 Å². The van der Waals surface area contributed by atoms with Gasteiger partial charge in [-0.1, -0.05) is 19.3 Å². The maximum absolute atomic E-state index is 11.5. The molecule has 0 atom stereocenters. The van der Waals surface area contributed by atoms with Crippen LogP contribution in [0.15, 0.2) is 11.1 Å². The van der Waals surface area contributed by atoms with E-state index in [1.165, 1.54) is 23.9 Å². The lowest BCUT2D eigenvalue weighted by Gasteiger charge is -2.21. The maximum atomic E-state index is 11.5. The maximum Gasteiger partial charge on any atom is 0.345 e. The Bertz CT molecular complexity index is 333. The van der Waals surface area contributed by atoms with Crippen molar-refractivity contribution in [2.75, 3.05) is 0 Å². The van der Waals surface area contributed by atoms with Crippen molar-refractivity contribution in [3.05, 3.63) is 16.8 Å². The van der Waals surface area contributed by atoms with Gasteiger partial charge in [0.1, 0.15) is 6.33 Å². The second-order valence-electron chi connectivity index (χ2n) is 3.74. The molecule has 1 aliphatic rings. The first kappa shape index (κ1) is 8.53. The minimum absolute atomic E-state index is 0.0203. The molecule has 72 valence electrons. The first-order chi connectivity index (χ1) is 6.29. The van der Waals surface area contributed by atoms with Crippen molar-refractivity contribution in [1.29, 1.82) is 0 Å². The van der Waals surface area contributed by atoms with Crippen molar-refractivity contribution in [2.24, 2.45) is 7.05 Å². The standard InChI is InChI=1S/C9H15N3O/c1-11-9(13)12(7-10-11)8-5-3-2-4-6-8/h7-8H,2-6H2,1H3. The molecule has 4 heteroatoms. The van der Waals surface area contributed by atoms with Crippen LogP contribution >= 0.6 is 0 Å². The SMILES string of the molecule is Cn1ncn(C2CCCCC2)c1=O. The summed E-state index contributed by atoms with van der Waals surface area (Å²) in [5, 5.41) is 3.96. The lowest BCUT2D eigenvalue weighted by atomic mass is 9.95. The summed E-state index contributed by atoms with van der Waals surface area (Å²) < 4.78 is 3.17. The van der Waals surface area contributed by atoms with Crippen LogP contribution in [0.4, 0.5) is 0 Å². The van der Waals surface area contributed by atoms with Crippen LogP contribution in [-0.4, -0.2) is 14.3 Å². The smallest absolute Gasteiger partial charge is 0.278 e. The average molecular weight is 181 g/mol. The Kier molecular flexibility index (Phi) is 2.20. The molecule has 1 heterocycles. The Hall–Kier alpha value is -1.06. The highest BCUT2D eigenvalue weighted by molar-refractivity contribution is 4.77. The van der Waals surface area contributed by atoms with Crippen LogP contribution in [0.1, 0.15) is 38.1 Å². The number of aromatic nitrogens is 3. The Morgan fingerprint density at radius 1 is 1.38 bits per heavy atom. The monoisotopic (exact) mass is 181 g/mol. The predicted molar refractivity (Wildman–Crippen MR) is 49.6 cm³/mol. The van der Waals surface area contributed by atoms with Crippen molar-refractivity contribution < 1.29 is 0 Å². The van der Waals surface area contributed by atoms with Crippen molar-refractivity contribution in [3.63, 3.8) is 0 Å². The molecular weight excluding hydrogens is 166 g/mol. The third-order valence-electron chi connectivity index (χ3n) is 2.82. The first-order valence-electron chi connectivity index (χ1n) is 4.89. The molecule has 0 radical (unpaired) electrons. The lowest BCUT2D eigenvalue weighted by molar-refractivity contribution is 0.345. The quantitative estimate of drug-likeness (QED) is 0.650. The van der Waals surface area contributed by atoms with Gasteiger partial charge in [-0.25, -0.2) is 9.48 Å². The number of rotatable bonds is 1. The Balaban J connectivity index is 2.24. The molecule has 1 aromatic rings. The van der Waals surface area contributed by atoms with Crippen LogP contribution in [0.5, 0.6) is 0 Å². The zero-order valence-corrected chi connectivity index (χ0v) is 7.94. The highest BCUT2D eigenvalue weighted by atomic mass is 16.2. The summed E-state index contributed by atoms with van der Waals surface area (Å²) in [6, 6.07) is 0.398. The minimum atomic E-state index is 0.0203. The van der Waals surface area contributed by atoms with E-state index >= 15 is 0 Å². The van der Waals surface area contributed by atoms with Gasteiger partial charge in [-0.2, -0.15) is 5.10 Å². The fourth-order valence-electron chi connectivity index (χ4n) is 2.01. The molecule has 0 unspecified atom stereocenters. The van der Waals surface area contributed by atoms with Gasteiger partial charge < -0.3 is 0 Å². The zero-order valence-electron chi connectivity index (χ0n) is 7.94. The summed E-state index contributed by atoms with van der Waals surface area (Å²) in [5.41, 5.74) is 0.0203. The zero-order chi connectivity index (χ0) is 9.26. The van der Waals surface area contributed by atoms with E-state index in [1.54, 1.807) is 17.9 Å². The molecule has 0 aliphatic heterocycles. The molecule has 0 saturated heterocycles. The number of nitrogens with zero attached hydrogens (tertiary/aromatic N) is 3. The van der Waals surface area contributed by atoms with Gasteiger partial charge in [0.25, 0.3) is 0 Å². The molecule has 0 bridgehead atoms. The summed E-state index contributed by atoms with van der Waals surface area (Å²) in [6.45, 7) is 0. The summed E-state index contributed by atoms with van der Waals surface area (Å²) in [5.74, 6) is 0. The van der Waals surface area contributed by atoms with Gasteiger partial charge in [-0.3, -0.25) is 4.57 Å². The molecule has 4 nitrogen and oxygen atoms in total.